The third-order valence-corrected chi connectivity index (χ3v) is 1.37. The smallest absolute Gasteiger partial charge is 0.255 e. The van der Waals surface area contributed by atoms with Gasteiger partial charge >= 0.3 is 0 Å². The van der Waals surface area contributed by atoms with Gasteiger partial charge in [-0.15, -0.1) is 0 Å². The molecule has 3 N–H and O–H groups in total. The van der Waals surface area contributed by atoms with Gasteiger partial charge in [-0.05, 0) is 6.42 Å². The van der Waals surface area contributed by atoms with E-state index in [0.29, 0.717) is 6.42 Å². The first-order chi connectivity index (χ1) is 5.57. The van der Waals surface area contributed by atoms with E-state index in [-0.39, 0.29) is 0 Å². The number of amides is 1. The van der Waals surface area contributed by atoms with Gasteiger partial charge in [-0.3, -0.25) is 4.79 Å². The van der Waals surface area contributed by atoms with Gasteiger partial charge in [-0.1, -0.05) is 13.3 Å². The monoisotopic (exact) mass is 180 g/mol. The predicted molar refractivity (Wildman–Crippen MR) is 41.9 cm³/mol. The van der Waals surface area contributed by atoms with Crippen LogP contribution in [0.5, 0.6) is 0 Å². The van der Waals surface area contributed by atoms with Gasteiger partial charge < -0.3 is 11.1 Å². The van der Waals surface area contributed by atoms with Crippen molar-refractivity contribution in [1.29, 1.82) is 0 Å². The van der Waals surface area contributed by atoms with Crippen molar-refractivity contribution >= 4 is 5.91 Å². The maximum Gasteiger partial charge on any atom is 0.255 e. The quantitative estimate of drug-likeness (QED) is 0.647. The van der Waals surface area contributed by atoms with E-state index in [1.165, 1.54) is 0 Å². The highest BCUT2D eigenvalue weighted by Gasteiger charge is 2.13. The molecule has 0 aliphatic carbocycles. The largest absolute Gasteiger partial charge is 0.349 e. The van der Waals surface area contributed by atoms with Crippen molar-refractivity contribution < 1.29 is 13.6 Å². The Kier molecular flexibility index (Phi) is 5.53. The zero-order chi connectivity index (χ0) is 9.56. The maximum atomic E-state index is 11.6. The Morgan fingerprint density at radius 1 is 1.58 bits per heavy atom. The van der Waals surface area contributed by atoms with Crippen LogP contribution >= 0.6 is 0 Å². The van der Waals surface area contributed by atoms with Crippen molar-refractivity contribution in [3.8, 4) is 0 Å². The lowest BCUT2D eigenvalue weighted by atomic mass is 10.2. The fourth-order valence-corrected chi connectivity index (χ4v) is 0.751. The van der Waals surface area contributed by atoms with Gasteiger partial charge in [0.25, 0.3) is 6.43 Å². The normalized spacial score (nSPS) is 13.1. The first kappa shape index (κ1) is 11.3. The molecule has 0 radical (unpaired) electrons. The summed E-state index contributed by atoms with van der Waals surface area (Å²) in [6.07, 6.45) is -1.22. The minimum atomic E-state index is -2.51. The number of carbonyl (C=O) groups excluding carboxylic acids is 1. The molecule has 0 aliphatic rings. The van der Waals surface area contributed by atoms with Crippen LogP contribution in [0.3, 0.4) is 0 Å². The molecule has 0 fully saturated rings. The number of rotatable bonds is 5. The Balaban J connectivity index is 3.57. The minimum Gasteiger partial charge on any atom is -0.349 e. The average molecular weight is 180 g/mol. The molecule has 0 rings (SSSR count). The molecule has 1 amide bonds. The number of hydrogen-bond donors (Lipinski definition) is 2. The number of alkyl halides is 2. The van der Waals surface area contributed by atoms with Crippen LogP contribution in [0.15, 0.2) is 0 Å². The van der Waals surface area contributed by atoms with Gasteiger partial charge in [-0.25, -0.2) is 8.78 Å². The van der Waals surface area contributed by atoms with Crippen LogP contribution in [0, 0.1) is 0 Å². The molecule has 0 heterocycles. The van der Waals surface area contributed by atoms with Crippen LogP contribution in [0.4, 0.5) is 8.78 Å². The van der Waals surface area contributed by atoms with E-state index in [9.17, 15) is 13.6 Å². The number of nitrogens with two attached hydrogens (primary N) is 1. The molecule has 3 nitrogen and oxygen atoms in total. The van der Waals surface area contributed by atoms with Crippen LogP contribution in [-0.4, -0.2) is 24.9 Å². The van der Waals surface area contributed by atoms with Crippen molar-refractivity contribution in [3.63, 3.8) is 0 Å². The maximum absolute atomic E-state index is 11.6. The van der Waals surface area contributed by atoms with Gasteiger partial charge in [0.15, 0.2) is 0 Å². The zero-order valence-corrected chi connectivity index (χ0v) is 7.02. The highest BCUT2D eigenvalue weighted by Crippen LogP contribution is 1.94. The third-order valence-electron chi connectivity index (χ3n) is 1.37. The van der Waals surface area contributed by atoms with Gasteiger partial charge in [0.1, 0.15) is 0 Å². The Labute approximate surface area is 70.3 Å². The van der Waals surface area contributed by atoms with Crippen LogP contribution in [0.25, 0.3) is 0 Å². The Morgan fingerprint density at radius 3 is 2.58 bits per heavy atom. The van der Waals surface area contributed by atoms with E-state index < -0.39 is 24.9 Å². The van der Waals surface area contributed by atoms with Crippen LogP contribution in [-0.2, 0) is 4.79 Å². The lowest BCUT2D eigenvalue weighted by molar-refractivity contribution is -0.123. The molecule has 5 heteroatoms. The molecule has 12 heavy (non-hydrogen) atoms. The SMILES string of the molecule is CCC[C@@H](N)C(=O)NCC(F)F. The summed E-state index contributed by atoms with van der Waals surface area (Å²) in [7, 11) is 0. The highest BCUT2D eigenvalue weighted by molar-refractivity contribution is 5.81. The molecule has 0 unspecified atom stereocenters. The van der Waals surface area contributed by atoms with E-state index in [2.05, 4.69) is 5.32 Å². The van der Waals surface area contributed by atoms with Crippen LogP contribution in [0.2, 0.25) is 0 Å². The summed E-state index contributed by atoms with van der Waals surface area (Å²) in [5, 5.41) is 2.05. The summed E-state index contributed by atoms with van der Waals surface area (Å²) in [5.74, 6) is -0.503. The predicted octanol–water partition coefficient (Wildman–Crippen LogP) is 0.495. The Morgan fingerprint density at radius 2 is 2.17 bits per heavy atom. The number of halogens is 2. The first-order valence-electron chi connectivity index (χ1n) is 3.89. The molecule has 0 saturated heterocycles. The Hall–Kier alpha value is -0.710. The topological polar surface area (TPSA) is 55.1 Å². The van der Waals surface area contributed by atoms with Crippen molar-refractivity contribution in [2.45, 2.75) is 32.2 Å². The zero-order valence-electron chi connectivity index (χ0n) is 7.02. The van der Waals surface area contributed by atoms with Gasteiger partial charge in [0, 0.05) is 0 Å². The van der Waals surface area contributed by atoms with Crippen molar-refractivity contribution in [3.05, 3.63) is 0 Å². The molecule has 1 atom stereocenters. The fourth-order valence-electron chi connectivity index (χ4n) is 0.751. The lowest BCUT2D eigenvalue weighted by Crippen LogP contribution is -2.42. The molecule has 0 aromatic rings. The molecule has 72 valence electrons. The van der Waals surface area contributed by atoms with Crippen LogP contribution in [0.1, 0.15) is 19.8 Å². The van der Waals surface area contributed by atoms with Crippen LogP contribution < -0.4 is 11.1 Å². The van der Waals surface area contributed by atoms with E-state index in [1.54, 1.807) is 0 Å². The minimum absolute atomic E-state index is 0.503. The fraction of sp³-hybridized carbons (Fsp3) is 0.857. The number of carbonyl (C=O) groups is 1. The van der Waals surface area contributed by atoms with E-state index in [0.717, 1.165) is 6.42 Å². The summed E-state index contributed by atoms with van der Waals surface area (Å²) in [6.45, 7) is 1.26. The second-order valence-corrected chi connectivity index (χ2v) is 2.53. The molecule has 0 aliphatic heterocycles. The summed E-state index contributed by atoms with van der Waals surface area (Å²) < 4.78 is 23.2. The summed E-state index contributed by atoms with van der Waals surface area (Å²) >= 11 is 0. The Bertz CT molecular complexity index is 141. The van der Waals surface area contributed by atoms with Crippen molar-refractivity contribution in [2.24, 2.45) is 5.73 Å². The van der Waals surface area contributed by atoms with Crippen molar-refractivity contribution in [1.82, 2.24) is 5.32 Å². The van der Waals surface area contributed by atoms with E-state index >= 15 is 0 Å². The average Bonchev–Trinajstić information content (AvgIpc) is 2.00. The first-order valence-corrected chi connectivity index (χ1v) is 3.89. The van der Waals surface area contributed by atoms with Crippen molar-refractivity contribution in [2.75, 3.05) is 6.54 Å². The summed E-state index contributed by atoms with van der Waals surface area (Å²) in [6, 6.07) is -0.659. The third kappa shape index (κ3) is 5.01. The summed E-state index contributed by atoms with van der Waals surface area (Å²) in [4.78, 5) is 10.9. The lowest BCUT2D eigenvalue weighted by Gasteiger charge is -2.10. The second-order valence-electron chi connectivity index (χ2n) is 2.53. The van der Waals surface area contributed by atoms with Gasteiger partial charge in [0.05, 0.1) is 12.6 Å². The standard InChI is InChI=1S/C7H14F2N2O/c1-2-3-5(10)7(12)11-4-6(8)9/h5-6H,2-4,10H2,1H3,(H,11,12)/t5-/m1/s1. The van der Waals surface area contributed by atoms with E-state index in [4.69, 9.17) is 5.73 Å². The molecule has 0 saturated carbocycles. The van der Waals surface area contributed by atoms with Gasteiger partial charge in [-0.2, -0.15) is 0 Å². The molecule has 0 spiro atoms. The van der Waals surface area contributed by atoms with Gasteiger partial charge in [0.2, 0.25) is 5.91 Å². The molecule has 0 bridgehead atoms. The second kappa shape index (κ2) is 5.88. The molecular weight excluding hydrogens is 166 g/mol. The molecule has 0 aromatic carbocycles. The molecular formula is C7H14F2N2O. The number of nitrogens with one attached hydrogen (secondary N) is 1. The molecule has 0 aromatic heterocycles. The van der Waals surface area contributed by atoms with E-state index in [1.807, 2.05) is 6.92 Å². The highest BCUT2D eigenvalue weighted by atomic mass is 19.3. The number of hydrogen-bond acceptors (Lipinski definition) is 2. The summed E-state index contributed by atoms with van der Waals surface area (Å²) in [5.41, 5.74) is 5.36.